The number of benzene rings is 1. The van der Waals surface area contributed by atoms with Crippen molar-refractivity contribution in [3.8, 4) is 0 Å². The fraction of sp³-hybridized carbons (Fsp3) is 0.214. The number of rotatable bonds is 3. The molecule has 1 atom stereocenters. The molecule has 0 saturated heterocycles. The van der Waals surface area contributed by atoms with Crippen molar-refractivity contribution >= 4 is 23.1 Å². The monoisotopic (exact) mass is 260 g/mol. The van der Waals surface area contributed by atoms with E-state index in [0.29, 0.717) is 0 Å². The summed E-state index contributed by atoms with van der Waals surface area (Å²) >= 11 is 1.64. The van der Waals surface area contributed by atoms with Crippen LogP contribution in [0.1, 0.15) is 23.4 Å². The Morgan fingerprint density at radius 1 is 1.22 bits per heavy atom. The molecule has 94 valence electrons. The topological polar surface area (TPSA) is 41.1 Å². The molecular formula is C14H16N2OS. The molecule has 1 heterocycles. The number of carbonyl (C=O) groups excluding carboxylic acids is 1. The lowest BCUT2D eigenvalue weighted by Crippen LogP contribution is -2.30. The summed E-state index contributed by atoms with van der Waals surface area (Å²) in [5.41, 5.74) is 1.98. The van der Waals surface area contributed by atoms with Crippen molar-refractivity contribution in [1.82, 2.24) is 5.32 Å². The van der Waals surface area contributed by atoms with E-state index >= 15 is 0 Å². The first kappa shape index (κ1) is 12.6. The molecule has 2 aromatic rings. The molecule has 1 unspecified atom stereocenters. The number of urea groups is 1. The second-order valence-corrected chi connectivity index (χ2v) is 5.18. The van der Waals surface area contributed by atoms with Crippen molar-refractivity contribution in [3.05, 3.63) is 52.2 Å². The summed E-state index contributed by atoms with van der Waals surface area (Å²) in [4.78, 5) is 12.9. The Hall–Kier alpha value is -1.81. The van der Waals surface area contributed by atoms with E-state index in [2.05, 4.69) is 10.6 Å². The van der Waals surface area contributed by atoms with E-state index in [1.807, 2.05) is 55.6 Å². The average molecular weight is 260 g/mol. The van der Waals surface area contributed by atoms with Gasteiger partial charge in [0.1, 0.15) is 0 Å². The van der Waals surface area contributed by atoms with Gasteiger partial charge in [-0.3, -0.25) is 0 Å². The number of thiophene rings is 1. The zero-order chi connectivity index (χ0) is 13.0. The van der Waals surface area contributed by atoms with E-state index in [-0.39, 0.29) is 12.1 Å². The van der Waals surface area contributed by atoms with Gasteiger partial charge in [0, 0.05) is 10.6 Å². The van der Waals surface area contributed by atoms with Crippen molar-refractivity contribution in [2.45, 2.75) is 19.9 Å². The summed E-state index contributed by atoms with van der Waals surface area (Å²) < 4.78 is 0. The average Bonchev–Trinajstić information content (AvgIpc) is 2.85. The lowest BCUT2D eigenvalue weighted by molar-refractivity contribution is 0.249. The van der Waals surface area contributed by atoms with Crippen molar-refractivity contribution in [1.29, 1.82) is 0 Å². The molecule has 1 aromatic heterocycles. The number of amides is 2. The van der Waals surface area contributed by atoms with Crippen molar-refractivity contribution in [3.63, 3.8) is 0 Å². The van der Waals surface area contributed by atoms with Crippen molar-refractivity contribution < 1.29 is 4.79 Å². The minimum atomic E-state index is -0.181. The van der Waals surface area contributed by atoms with Crippen LogP contribution in [0.4, 0.5) is 10.5 Å². The Labute approximate surface area is 111 Å². The van der Waals surface area contributed by atoms with Crippen molar-refractivity contribution in [2.75, 3.05) is 5.32 Å². The van der Waals surface area contributed by atoms with Gasteiger partial charge in [-0.1, -0.05) is 23.8 Å². The highest BCUT2D eigenvalue weighted by atomic mass is 32.1. The Bertz CT molecular complexity index is 505. The lowest BCUT2D eigenvalue weighted by atomic mass is 10.2. The number of hydrogen-bond donors (Lipinski definition) is 2. The van der Waals surface area contributed by atoms with Crippen molar-refractivity contribution in [2.24, 2.45) is 0 Å². The predicted molar refractivity (Wildman–Crippen MR) is 76.1 cm³/mol. The number of anilines is 1. The number of nitrogens with one attached hydrogen (secondary N) is 2. The second kappa shape index (κ2) is 5.69. The van der Waals surface area contributed by atoms with Gasteiger partial charge < -0.3 is 10.6 Å². The van der Waals surface area contributed by atoms with Crippen LogP contribution in [-0.4, -0.2) is 6.03 Å². The molecule has 0 saturated carbocycles. The van der Waals surface area contributed by atoms with E-state index in [0.717, 1.165) is 10.6 Å². The van der Waals surface area contributed by atoms with E-state index in [9.17, 15) is 4.79 Å². The molecule has 3 nitrogen and oxygen atoms in total. The smallest absolute Gasteiger partial charge is 0.319 e. The van der Waals surface area contributed by atoms with Crippen LogP contribution >= 0.6 is 11.3 Å². The third-order valence-electron chi connectivity index (χ3n) is 2.63. The Kier molecular flexibility index (Phi) is 3.99. The fourth-order valence-corrected chi connectivity index (χ4v) is 2.34. The molecule has 0 fully saturated rings. The van der Waals surface area contributed by atoms with Crippen LogP contribution in [0.3, 0.4) is 0 Å². The molecule has 0 aliphatic heterocycles. The molecule has 1 aromatic carbocycles. The minimum Gasteiger partial charge on any atom is -0.331 e. The van der Waals surface area contributed by atoms with Gasteiger partial charge in [-0.05, 0) is 37.4 Å². The molecule has 0 aliphatic carbocycles. The van der Waals surface area contributed by atoms with Crippen LogP contribution in [-0.2, 0) is 0 Å². The molecule has 0 spiro atoms. The van der Waals surface area contributed by atoms with E-state index < -0.39 is 0 Å². The van der Waals surface area contributed by atoms with Crippen LogP contribution in [0.2, 0.25) is 0 Å². The number of carbonyl (C=O) groups is 1. The third kappa shape index (κ3) is 3.34. The maximum atomic E-state index is 11.8. The zero-order valence-corrected chi connectivity index (χ0v) is 11.3. The molecule has 2 N–H and O–H groups in total. The highest BCUT2D eigenvalue weighted by molar-refractivity contribution is 7.10. The van der Waals surface area contributed by atoms with Gasteiger partial charge in [0.05, 0.1) is 6.04 Å². The quantitative estimate of drug-likeness (QED) is 0.862. The molecule has 18 heavy (non-hydrogen) atoms. The molecule has 2 amide bonds. The maximum Gasteiger partial charge on any atom is 0.319 e. The molecule has 0 bridgehead atoms. The van der Waals surface area contributed by atoms with Gasteiger partial charge in [-0.25, -0.2) is 4.79 Å². The Morgan fingerprint density at radius 2 is 1.94 bits per heavy atom. The maximum absolute atomic E-state index is 11.8. The second-order valence-electron chi connectivity index (χ2n) is 4.20. The highest BCUT2D eigenvalue weighted by Gasteiger charge is 2.09. The van der Waals surface area contributed by atoms with E-state index in [4.69, 9.17) is 0 Å². The predicted octanol–water partition coefficient (Wildman–Crippen LogP) is 3.94. The van der Waals surface area contributed by atoms with Gasteiger partial charge in [0.25, 0.3) is 0 Å². The summed E-state index contributed by atoms with van der Waals surface area (Å²) in [5.74, 6) is 0. The normalized spacial score (nSPS) is 11.9. The summed E-state index contributed by atoms with van der Waals surface area (Å²) in [7, 11) is 0. The van der Waals surface area contributed by atoms with E-state index in [1.165, 1.54) is 5.56 Å². The number of hydrogen-bond acceptors (Lipinski definition) is 2. The van der Waals surface area contributed by atoms with Gasteiger partial charge in [0.2, 0.25) is 0 Å². The molecular weight excluding hydrogens is 244 g/mol. The third-order valence-corrected chi connectivity index (χ3v) is 3.68. The fourth-order valence-electron chi connectivity index (χ4n) is 1.61. The van der Waals surface area contributed by atoms with Crippen LogP contribution in [0, 0.1) is 6.92 Å². The summed E-state index contributed by atoms with van der Waals surface area (Å²) in [6.45, 7) is 3.99. The van der Waals surface area contributed by atoms with Gasteiger partial charge >= 0.3 is 6.03 Å². The first-order valence-electron chi connectivity index (χ1n) is 5.83. The first-order chi connectivity index (χ1) is 8.65. The van der Waals surface area contributed by atoms with Crippen LogP contribution in [0.25, 0.3) is 0 Å². The van der Waals surface area contributed by atoms with E-state index in [1.54, 1.807) is 11.3 Å². The number of aryl methyl sites for hydroxylation is 1. The molecule has 4 heteroatoms. The van der Waals surface area contributed by atoms with Gasteiger partial charge in [0.15, 0.2) is 0 Å². The Morgan fingerprint density at radius 3 is 2.56 bits per heavy atom. The standard InChI is InChI=1S/C14H16N2OS/c1-10-5-7-12(8-6-10)16-14(17)15-11(2)13-4-3-9-18-13/h3-9,11H,1-2H3,(H2,15,16,17). The SMILES string of the molecule is Cc1ccc(NC(=O)NC(C)c2cccs2)cc1. The Balaban J connectivity index is 1.91. The summed E-state index contributed by atoms with van der Waals surface area (Å²) in [5, 5.41) is 7.73. The van der Waals surface area contributed by atoms with Crippen LogP contribution < -0.4 is 10.6 Å². The minimum absolute atomic E-state index is 0.0236. The first-order valence-corrected chi connectivity index (χ1v) is 6.71. The molecule has 2 rings (SSSR count). The highest BCUT2D eigenvalue weighted by Crippen LogP contribution is 2.18. The molecule has 0 aliphatic rings. The van der Waals surface area contributed by atoms with Crippen LogP contribution in [0.5, 0.6) is 0 Å². The summed E-state index contributed by atoms with van der Waals surface area (Å²) in [6.07, 6.45) is 0. The zero-order valence-electron chi connectivity index (χ0n) is 10.4. The van der Waals surface area contributed by atoms with Gasteiger partial charge in [-0.2, -0.15) is 0 Å². The van der Waals surface area contributed by atoms with Gasteiger partial charge in [-0.15, -0.1) is 11.3 Å². The molecule has 0 radical (unpaired) electrons. The lowest BCUT2D eigenvalue weighted by Gasteiger charge is -2.13. The summed E-state index contributed by atoms with van der Waals surface area (Å²) in [6, 6.07) is 11.6. The largest absolute Gasteiger partial charge is 0.331 e. The van der Waals surface area contributed by atoms with Crippen LogP contribution in [0.15, 0.2) is 41.8 Å².